The summed E-state index contributed by atoms with van der Waals surface area (Å²) in [6.07, 6.45) is -5.24. The molecule has 160 valence electrons. The molecule has 4 atom stereocenters. The Morgan fingerprint density at radius 1 is 0.900 bits per heavy atom. The lowest BCUT2D eigenvalue weighted by Gasteiger charge is -2.38. The van der Waals surface area contributed by atoms with Crippen LogP contribution in [0.3, 0.4) is 0 Å². The number of hydrogen-bond acceptors (Lipinski definition) is 9. The van der Waals surface area contributed by atoms with Crippen molar-refractivity contribution in [1.82, 2.24) is 0 Å². The Kier molecular flexibility index (Phi) is 6.83. The molecule has 2 aromatic carbocycles. The highest BCUT2D eigenvalue weighted by Gasteiger charge is 2.47. The molecule has 0 aliphatic carbocycles. The maximum Gasteiger partial charge on any atom is 0.338 e. The molecule has 4 unspecified atom stereocenters. The second kappa shape index (κ2) is 9.35. The lowest BCUT2D eigenvalue weighted by atomic mass is 10.0. The molecule has 1 aliphatic rings. The van der Waals surface area contributed by atoms with Crippen molar-refractivity contribution in [3.8, 4) is 0 Å². The molecule has 1 aliphatic heterocycles. The van der Waals surface area contributed by atoms with Crippen molar-refractivity contribution in [2.45, 2.75) is 24.6 Å². The molecule has 0 radical (unpaired) electrons. The molecule has 3 rings (SSSR count). The lowest BCUT2D eigenvalue weighted by molar-refractivity contribution is -0.243. The average Bonchev–Trinajstić information content (AvgIpc) is 2.73. The Morgan fingerprint density at radius 2 is 1.40 bits per heavy atom. The molecule has 10 heteroatoms. The number of carbonyl (C=O) groups is 2. The van der Waals surface area contributed by atoms with Gasteiger partial charge in [0.15, 0.2) is 24.6 Å². The lowest BCUT2D eigenvalue weighted by Crippen LogP contribution is -2.57. The van der Waals surface area contributed by atoms with Gasteiger partial charge in [-0.3, -0.25) is 4.18 Å². The number of benzene rings is 2. The van der Waals surface area contributed by atoms with Gasteiger partial charge in [-0.15, -0.1) is 0 Å². The van der Waals surface area contributed by atoms with Crippen molar-refractivity contribution in [2.75, 3.05) is 12.9 Å². The molecule has 0 bridgehead atoms. The van der Waals surface area contributed by atoms with E-state index < -0.39 is 46.7 Å². The molecule has 9 nitrogen and oxygen atoms in total. The third-order valence-electron chi connectivity index (χ3n) is 4.21. The minimum atomic E-state index is -4.07. The van der Waals surface area contributed by atoms with Gasteiger partial charge in [-0.2, -0.15) is 8.42 Å². The van der Waals surface area contributed by atoms with Crippen LogP contribution >= 0.6 is 0 Å². The Balaban J connectivity index is 1.86. The molecule has 1 heterocycles. The summed E-state index contributed by atoms with van der Waals surface area (Å²) in [6.45, 7) is -0.337. The number of ether oxygens (including phenoxy) is 3. The van der Waals surface area contributed by atoms with Crippen LogP contribution < -0.4 is 0 Å². The van der Waals surface area contributed by atoms with E-state index in [1.165, 1.54) is 24.3 Å². The zero-order valence-corrected chi connectivity index (χ0v) is 16.7. The van der Waals surface area contributed by atoms with E-state index in [0.29, 0.717) is 0 Å². The SMILES string of the molecule is CS(=O)(=O)OC1C(O)OCC(OC(=O)c2ccccc2)C1OC(=O)c1ccccc1. The summed E-state index contributed by atoms with van der Waals surface area (Å²) in [7, 11) is -4.07. The molecule has 0 amide bonds. The number of aliphatic hydroxyl groups excluding tert-OH is 1. The Bertz CT molecular complexity index is 976. The topological polar surface area (TPSA) is 125 Å². The smallest absolute Gasteiger partial charge is 0.338 e. The quantitative estimate of drug-likeness (QED) is 0.524. The van der Waals surface area contributed by atoms with Crippen molar-refractivity contribution in [2.24, 2.45) is 0 Å². The van der Waals surface area contributed by atoms with Gasteiger partial charge in [0.2, 0.25) is 0 Å². The van der Waals surface area contributed by atoms with Crippen LogP contribution in [0.5, 0.6) is 0 Å². The minimum Gasteiger partial charge on any atom is -0.452 e. The Hall–Kier alpha value is -2.79. The van der Waals surface area contributed by atoms with E-state index in [2.05, 4.69) is 0 Å². The van der Waals surface area contributed by atoms with Gasteiger partial charge < -0.3 is 19.3 Å². The number of hydrogen-bond donors (Lipinski definition) is 1. The minimum absolute atomic E-state index is 0.185. The van der Waals surface area contributed by atoms with Crippen LogP contribution in [-0.4, -0.2) is 62.9 Å². The number of carbonyl (C=O) groups excluding carboxylic acids is 2. The van der Waals surface area contributed by atoms with Crippen LogP contribution in [0.4, 0.5) is 0 Å². The van der Waals surface area contributed by atoms with Crippen LogP contribution in [0.1, 0.15) is 20.7 Å². The first-order valence-electron chi connectivity index (χ1n) is 8.94. The van der Waals surface area contributed by atoms with Gasteiger partial charge in [0.1, 0.15) is 0 Å². The fraction of sp³-hybridized carbons (Fsp3) is 0.300. The number of esters is 2. The van der Waals surface area contributed by atoms with Gasteiger partial charge in [-0.25, -0.2) is 9.59 Å². The first-order chi connectivity index (χ1) is 14.2. The van der Waals surface area contributed by atoms with E-state index in [0.717, 1.165) is 6.26 Å². The molecule has 0 aromatic heterocycles. The maximum absolute atomic E-state index is 12.5. The van der Waals surface area contributed by atoms with Crippen LogP contribution in [-0.2, 0) is 28.5 Å². The molecule has 1 fully saturated rings. The van der Waals surface area contributed by atoms with E-state index >= 15 is 0 Å². The Labute approximate surface area is 173 Å². The van der Waals surface area contributed by atoms with Gasteiger partial charge in [0.05, 0.1) is 24.0 Å². The third-order valence-corrected chi connectivity index (χ3v) is 4.78. The largest absolute Gasteiger partial charge is 0.452 e. The van der Waals surface area contributed by atoms with Crippen molar-refractivity contribution in [3.63, 3.8) is 0 Å². The summed E-state index contributed by atoms with van der Waals surface area (Å²) < 4.78 is 44.1. The Morgan fingerprint density at radius 3 is 1.90 bits per heavy atom. The molecular weight excluding hydrogens is 416 g/mol. The van der Waals surface area contributed by atoms with Gasteiger partial charge in [-0.1, -0.05) is 36.4 Å². The molecule has 2 aromatic rings. The van der Waals surface area contributed by atoms with Crippen LogP contribution in [0.25, 0.3) is 0 Å². The predicted octanol–water partition coefficient (Wildman–Crippen LogP) is 1.13. The molecule has 1 saturated heterocycles. The third kappa shape index (κ3) is 5.63. The van der Waals surface area contributed by atoms with Crippen LogP contribution in [0.15, 0.2) is 60.7 Å². The molecule has 0 saturated carbocycles. The molecule has 0 spiro atoms. The van der Waals surface area contributed by atoms with E-state index in [1.54, 1.807) is 36.4 Å². The molecule has 30 heavy (non-hydrogen) atoms. The van der Waals surface area contributed by atoms with E-state index in [9.17, 15) is 23.1 Å². The van der Waals surface area contributed by atoms with Crippen molar-refractivity contribution in [3.05, 3.63) is 71.8 Å². The summed E-state index contributed by atoms with van der Waals surface area (Å²) in [4.78, 5) is 25.0. The van der Waals surface area contributed by atoms with Gasteiger partial charge in [0.25, 0.3) is 10.1 Å². The normalized spacial score (nSPS) is 24.1. The summed E-state index contributed by atoms with van der Waals surface area (Å²) in [5.74, 6) is -1.54. The highest BCUT2D eigenvalue weighted by molar-refractivity contribution is 7.86. The monoisotopic (exact) mass is 436 g/mol. The predicted molar refractivity (Wildman–Crippen MR) is 103 cm³/mol. The van der Waals surface area contributed by atoms with E-state index in [1.807, 2.05) is 0 Å². The zero-order valence-electron chi connectivity index (χ0n) is 15.9. The number of aliphatic hydroxyl groups is 1. The molecule has 1 N–H and O–H groups in total. The van der Waals surface area contributed by atoms with Crippen LogP contribution in [0, 0.1) is 0 Å². The average molecular weight is 436 g/mol. The fourth-order valence-corrected chi connectivity index (χ4v) is 3.46. The summed E-state index contributed by atoms with van der Waals surface area (Å²) in [5.41, 5.74) is 0.419. The zero-order chi connectivity index (χ0) is 21.7. The maximum atomic E-state index is 12.5. The highest BCUT2D eigenvalue weighted by Crippen LogP contribution is 2.25. The summed E-state index contributed by atoms with van der Waals surface area (Å²) in [5, 5.41) is 10.1. The second-order valence-corrected chi connectivity index (χ2v) is 8.14. The fourth-order valence-electron chi connectivity index (χ4n) is 2.85. The van der Waals surface area contributed by atoms with Gasteiger partial charge in [0, 0.05) is 0 Å². The van der Waals surface area contributed by atoms with Gasteiger partial charge in [-0.05, 0) is 24.3 Å². The summed E-state index contributed by atoms with van der Waals surface area (Å²) in [6, 6.07) is 16.0. The van der Waals surface area contributed by atoms with Crippen molar-refractivity contribution in [1.29, 1.82) is 0 Å². The highest BCUT2D eigenvalue weighted by atomic mass is 32.2. The van der Waals surface area contributed by atoms with E-state index in [4.69, 9.17) is 18.4 Å². The van der Waals surface area contributed by atoms with Crippen molar-refractivity contribution >= 4 is 22.1 Å². The summed E-state index contributed by atoms with van der Waals surface area (Å²) >= 11 is 0. The first kappa shape index (κ1) is 21.9. The van der Waals surface area contributed by atoms with Crippen LogP contribution in [0.2, 0.25) is 0 Å². The first-order valence-corrected chi connectivity index (χ1v) is 10.8. The van der Waals surface area contributed by atoms with E-state index in [-0.39, 0.29) is 17.7 Å². The standard InChI is InChI=1S/C20H20O9S/c1-30(24,25)29-17-16(28-19(22)14-10-6-3-7-11-14)15(12-26-20(17)23)27-18(21)13-8-4-2-5-9-13/h2-11,15-17,20,23H,12H2,1H3. The second-order valence-electron chi connectivity index (χ2n) is 6.53. The van der Waals surface area contributed by atoms with Crippen molar-refractivity contribution < 1.29 is 41.5 Å². The molecular formula is C20H20O9S. The van der Waals surface area contributed by atoms with Gasteiger partial charge >= 0.3 is 11.9 Å². The number of rotatable bonds is 6.